The maximum Gasteiger partial charge on any atom is 0.356 e. The van der Waals surface area contributed by atoms with Crippen molar-refractivity contribution in [3.63, 3.8) is 0 Å². The third-order valence-corrected chi connectivity index (χ3v) is 11.3. The molecule has 5 unspecified atom stereocenters. The second kappa shape index (κ2) is 14.8. The number of rotatable bonds is 11. The summed E-state index contributed by atoms with van der Waals surface area (Å²) in [7, 11) is -6.73. The van der Waals surface area contributed by atoms with Crippen LogP contribution in [0.2, 0.25) is 0 Å². The van der Waals surface area contributed by atoms with Gasteiger partial charge in [0.25, 0.3) is 0 Å². The average Bonchev–Trinajstić information content (AvgIpc) is 3.11. The number of carbonyl (C=O) groups excluding carboxylic acids is 2. The summed E-state index contributed by atoms with van der Waals surface area (Å²) in [5, 5.41) is 39.5. The summed E-state index contributed by atoms with van der Waals surface area (Å²) in [6.45, 7) is 0. The van der Waals surface area contributed by atoms with Gasteiger partial charge in [-0.2, -0.15) is 0 Å². The zero-order valence-corrected chi connectivity index (χ0v) is 28.4. The number of para-hydroxylation sites is 1. The average molecular weight is 756 g/mol. The molecule has 2 heterocycles. The number of carboxylic acid groups (broad SMARTS) is 1. The van der Waals surface area contributed by atoms with E-state index in [1.807, 2.05) is 0 Å². The van der Waals surface area contributed by atoms with Crippen LogP contribution >= 0.6 is 7.60 Å². The Kier molecular flexibility index (Phi) is 10.5. The van der Waals surface area contributed by atoms with E-state index in [0.717, 1.165) is 12.1 Å². The van der Waals surface area contributed by atoms with Crippen LogP contribution in [0.4, 0.5) is 10.1 Å². The minimum Gasteiger partial charge on any atom is -0.479 e. The predicted octanol–water partition coefficient (Wildman–Crippen LogP) is 1.65. The van der Waals surface area contributed by atoms with E-state index >= 15 is 0 Å². The van der Waals surface area contributed by atoms with E-state index in [2.05, 4.69) is 0 Å². The summed E-state index contributed by atoms with van der Waals surface area (Å²) in [5.74, 6) is -4.22. The molecule has 0 spiro atoms. The van der Waals surface area contributed by atoms with Gasteiger partial charge in [-0.05, 0) is 65.7 Å². The van der Waals surface area contributed by atoms with Crippen molar-refractivity contribution < 1.29 is 67.2 Å². The summed E-state index contributed by atoms with van der Waals surface area (Å²) < 4.78 is 50.5. The Balaban J connectivity index is 1.43. The van der Waals surface area contributed by atoms with E-state index in [1.165, 1.54) is 53.4 Å². The van der Waals surface area contributed by atoms with E-state index in [9.17, 15) is 57.8 Å². The molecule has 0 bridgehead atoms. The maximum atomic E-state index is 13.9. The predicted molar refractivity (Wildman–Crippen MR) is 183 cm³/mol. The highest BCUT2D eigenvalue weighted by atomic mass is 32.2. The van der Waals surface area contributed by atoms with Crippen LogP contribution in [0.3, 0.4) is 0 Å². The molecule has 6 rings (SSSR count). The van der Waals surface area contributed by atoms with Crippen LogP contribution in [-0.4, -0.2) is 93.8 Å². The van der Waals surface area contributed by atoms with Crippen molar-refractivity contribution in [1.29, 1.82) is 0 Å². The van der Waals surface area contributed by atoms with Crippen LogP contribution in [0.15, 0.2) is 97.1 Å². The first-order valence-electron chi connectivity index (χ1n) is 15.6. The lowest BCUT2D eigenvalue weighted by atomic mass is 9.90. The molecule has 1 amide bonds. The molecule has 2 saturated heterocycles. The zero-order chi connectivity index (χ0) is 37.5. The number of halogens is 1. The molecule has 52 heavy (non-hydrogen) atoms. The fourth-order valence-electron chi connectivity index (χ4n) is 6.02. The minimum atomic E-state index is -4.57. The lowest BCUT2D eigenvalue weighted by Gasteiger charge is -2.47. The van der Waals surface area contributed by atoms with Crippen molar-refractivity contribution in [2.45, 2.75) is 42.0 Å². The number of Topliss-reactive ketones (excluding diaryl/α,β-unsaturated/α-hetero) is 1. The molecule has 272 valence electrons. The van der Waals surface area contributed by atoms with Crippen LogP contribution in [0.25, 0.3) is 11.1 Å². The lowest BCUT2D eigenvalue weighted by Crippen LogP contribution is -2.62. The van der Waals surface area contributed by atoms with Gasteiger partial charge in [-0.3, -0.25) is 18.4 Å². The molecule has 8 atom stereocenters. The van der Waals surface area contributed by atoms with Gasteiger partial charge >= 0.3 is 13.6 Å². The van der Waals surface area contributed by atoms with Crippen LogP contribution in [0.1, 0.15) is 22.0 Å². The van der Waals surface area contributed by atoms with Gasteiger partial charge in [-0.15, -0.1) is 0 Å². The molecule has 0 radical (unpaired) electrons. The van der Waals surface area contributed by atoms with Gasteiger partial charge in [0.1, 0.15) is 35.1 Å². The Morgan fingerprint density at radius 3 is 2.12 bits per heavy atom. The van der Waals surface area contributed by atoms with Crippen LogP contribution in [0.5, 0.6) is 5.75 Å². The van der Waals surface area contributed by atoms with Gasteiger partial charge in [0, 0.05) is 27.6 Å². The summed E-state index contributed by atoms with van der Waals surface area (Å²) in [4.78, 5) is 59.1. The number of nitrogens with zero attached hydrogens (tertiary/aromatic N) is 1. The molecule has 2 aliphatic heterocycles. The fourth-order valence-corrected chi connectivity index (χ4v) is 8.05. The molecular weight excluding hydrogens is 724 g/mol. The van der Waals surface area contributed by atoms with Gasteiger partial charge in [0.2, 0.25) is 12.2 Å². The van der Waals surface area contributed by atoms with Gasteiger partial charge in [-0.25, -0.2) is 9.18 Å². The number of ketones is 1. The number of aliphatic hydroxyl groups excluding tert-OH is 3. The molecular formula is C35H31FNO13PS. The summed E-state index contributed by atoms with van der Waals surface area (Å²) in [5.41, 5.74) is 1.42. The third-order valence-electron chi connectivity index (χ3n) is 8.73. The number of amides is 1. The van der Waals surface area contributed by atoms with Crippen LogP contribution < -0.4 is 14.9 Å². The molecule has 2 fully saturated rings. The molecule has 17 heteroatoms. The second-order valence-electron chi connectivity index (χ2n) is 12.1. The number of ether oxygens (including phenoxy) is 2. The minimum absolute atomic E-state index is 0.0771. The molecule has 0 saturated carbocycles. The zero-order valence-electron chi connectivity index (χ0n) is 26.7. The third kappa shape index (κ3) is 7.33. The highest BCUT2D eigenvalue weighted by Gasteiger charge is 2.54. The highest BCUT2D eigenvalue weighted by Crippen LogP contribution is 2.46. The number of carboxylic acids is 1. The Hall–Kier alpha value is -4.64. The van der Waals surface area contributed by atoms with Crippen molar-refractivity contribution >= 4 is 47.0 Å². The van der Waals surface area contributed by atoms with Gasteiger partial charge in [0.05, 0.1) is 17.1 Å². The highest BCUT2D eigenvalue weighted by molar-refractivity contribution is 7.87. The molecule has 4 aromatic rings. The Bertz CT molecular complexity index is 2060. The molecule has 2 aliphatic rings. The van der Waals surface area contributed by atoms with Crippen molar-refractivity contribution in [3.8, 4) is 16.9 Å². The first-order chi connectivity index (χ1) is 24.6. The first kappa shape index (κ1) is 37.1. The van der Waals surface area contributed by atoms with Gasteiger partial charge in [0.15, 0.2) is 11.9 Å². The number of carbonyl (C=O) groups is 3. The number of hydrogen-bond acceptors (Lipinski definition) is 10. The van der Waals surface area contributed by atoms with Crippen LogP contribution in [0, 0.1) is 5.82 Å². The van der Waals surface area contributed by atoms with E-state index < -0.39 is 89.6 Å². The Labute approximate surface area is 297 Å². The standard InChI is InChI=1S/C35H31FNO13PS/c36-21-11-6-19(7-12-21)25(38)17-52(48)32-27(37(33(32)42)22-4-2-1-3-5-22)24-15-10-20(18-8-13-23(14-9-18)51(45,46)47)16-26(24)49-35-30(41)28(39)29(40)31(50-35)34(43)44/h1-16,27-32,35,39-41H,17H2,(H,43,44)(H2,45,46,47)/t27-,28?,29?,30?,31?,32-,35-,52?/m1/s1. The smallest absolute Gasteiger partial charge is 0.356 e. The Morgan fingerprint density at radius 1 is 0.865 bits per heavy atom. The maximum absolute atomic E-state index is 13.9. The number of aliphatic carboxylic acids is 1. The molecule has 6 N–H and O–H groups in total. The lowest BCUT2D eigenvalue weighted by molar-refractivity contribution is -0.271. The summed E-state index contributed by atoms with van der Waals surface area (Å²) in [6.07, 6.45) is -9.92. The normalized spacial score (nSPS) is 25.2. The first-order valence-corrected chi connectivity index (χ1v) is 18.6. The van der Waals surface area contributed by atoms with Crippen molar-refractivity contribution in [1.82, 2.24) is 0 Å². The van der Waals surface area contributed by atoms with Gasteiger partial charge < -0.3 is 44.6 Å². The number of hydrogen-bond donors (Lipinski definition) is 6. The molecule has 14 nitrogen and oxygen atoms in total. The number of anilines is 1. The summed E-state index contributed by atoms with van der Waals surface area (Å²) in [6, 6.07) is 21.5. The van der Waals surface area contributed by atoms with E-state index in [1.54, 1.807) is 36.4 Å². The largest absolute Gasteiger partial charge is 0.479 e. The van der Waals surface area contributed by atoms with E-state index in [0.29, 0.717) is 16.8 Å². The number of β-lactam (4-membered cyclic amide) rings is 1. The van der Waals surface area contributed by atoms with Crippen molar-refractivity contribution in [3.05, 3.63) is 114 Å². The SMILES string of the molecule is O=C(CS(=O)[C@H]1C(=O)N(c2ccccc2)[C@@H]1c1ccc(-c2ccc(P(=O)(O)O)cc2)cc1O[C@@H]1OC(C(=O)O)C(O)C(O)C1O)c1ccc(F)cc1. The Morgan fingerprint density at radius 2 is 1.50 bits per heavy atom. The van der Waals surface area contributed by atoms with Crippen molar-refractivity contribution in [2.24, 2.45) is 0 Å². The molecule has 0 aliphatic carbocycles. The topological polar surface area (TPSA) is 228 Å². The quantitative estimate of drug-likeness (QED) is 0.0728. The fraction of sp³-hybridized carbons (Fsp3) is 0.229. The number of aliphatic hydroxyl groups is 3. The second-order valence-corrected chi connectivity index (χ2v) is 15.2. The van der Waals surface area contributed by atoms with Gasteiger partial charge in [-0.1, -0.05) is 42.5 Å². The molecule has 0 aromatic heterocycles. The number of benzene rings is 4. The van der Waals surface area contributed by atoms with Crippen LogP contribution in [-0.2, 0) is 29.7 Å². The van der Waals surface area contributed by atoms with E-state index in [-0.39, 0.29) is 22.2 Å². The van der Waals surface area contributed by atoms with E-state index in [4.69, 9.17) is 9.47 Å². The van der Waals surface area contributed by atoms with Crippen molar-refractivity contribution in [2.75, 3.05) is 10.7 Å². The molecule has 4 aromatic carbocycles. The monoisotopic (exact) mass is 755 g/mol. The summed E-state index contributed by atoms with van der Waals surface area (Å²) >= 11 is 0.